The zero-order chi connectivity index (χ0) is 24.4. The van der Waals surface area contributed by atoms with Crippen molar-refractivity contribution in [2.75, 3.05) is 18.4 Å². The molecule has 2 amide bonds. The molecule has 1 saturated heterocycles. The minimum atomic E-state index is -0.395. The summed E-state index contributed by atoms with van der Waals surface area (Å²) in [6, 6.07) is 19.4. The highest BCUT2D eigenvalue weighted by molar-refractivity contribution is 5.99. The third-order valence-corrected chi connectivity index (χ3v) is 6.34. The van der Waals surface area contributed by atoms with Crippen molar-refractivity contribution in [2.24, 2.45) is 5.92 Å². The largest absolute Gasteiger partial charge is 0.338 e. The SMILES string of the molecule is Cc1nn(-c2ccccc2)c(-n2cccc2)c1C(=O)N1CCC(C(=O)Nc2cccc(F)c2)CC1. The van der Waals surface area contributed by atoms with Gasteiger partial charge in [0, 0.05) is 37.1 Å². The number of nitrogens with zero attached hydrogens (tertiary/aromatic N) is 4. The third kappa shape index (κ3) is 4.59. The van der Waals surface area contributed by atoms with E-state index in [0.29, 0.717) is 48.7 Å². The van der Waals surface area contributed by atoms with Crippen LogP contribution in [0.3, 0.4) is 0 Å². The molecule has 8 heteroatoms. The van der Waals surface area contributed by atoms with Crippen molar-refractivity contribution in [3.63, 3.8) is 0 Å². The van der Waals surface area contributed by atoms with E-state index < -0.39 is 5.82 Å². The van der Waals surface area contributed by atoms with Crippen molar-refractivity contribution < 1.29 is 14.0 Å². The maximum atomic E-state index is 13.7. The fourth-order valence-electron chi connectivity index (χ4n) is 4.54. The van der Waals surface area contributed by atoms with E-state index in [1.54, 1.807) is 21.7 Å². The van der Waals surface area contributed by atoms with Gasteiger partial charge in [-0.15, -0.1) is 0 Å². The predicted octanol–water partition coefficient (Wildman–Crippen LogP) is 4.60. The molecule has 1 aliphatic heterocycles. The molecule has 4 aromatic rings. The highest BCUT2D eigenvalue weighted by Crippen LogP contribution is 2.27. The first-order valence-electron chi connectivity index (χ1n) is 11.7. The molecule has 7 nitrogen and oxygen atoms in total. The zero-order valence-electron chi connectivity index (χ0n) is 19.4. The standard InChI is InChI=1S/C27H26FN5O2/c1-19-24(26(31-14-5-6-15-31)33(30-19)23-10-3-2-4-11-23)27(35)32-16-12-20(13-17-32)25(34)29-22-9-7-8-21(28)18-22/h2-11,14-15,18,20H,12-13,16-17H2,1H3,(H,29,34). The van der Waals surface area contributed by atoms with E-state index in [4.69, 9.17) is 5.10 Å². The number of anilines is 1. The van der Waals surface area contributed by atoms with E-state index in [0.717, 1.165) is 5.69 Å². The molecule has 1 aliphatic rings. The van der Waals surface area contributed by atoms with Gasteiger partial charge in [0.2, 0.25) is 5.91 Å². The number of aryl methyl sites for hydroxylation is 1. The second-order valence-corrected chi connectivity index (χ2v) is 8.69. The summed E-state index contributed by atoms with van der Waals surface area (Å²) in [4.78, 5) is 28.2. The van der Waals surface area contributed by atoms with Gasteiger partial charge in [-0.2, -0.15) is 5.10 Å². The van der Waals surface area contributed by atoms with Crippen LogP contribution in [0.1, 0.15) is 28.9 Å². The predicted molar refractivity (Wildman–Crippen MR) is 131 cm³/mol. The molecule has 2 aromatic heterocycles. The first-order chi connectivity index (χ1) is 17.0. The van der Waals surface area contributed by atoms with Gasteiger partial charge >= 0.3 is 0 Å². The Morgan fingerprint density at radius 3 is 2.37 bits per heavy atom. The number of benzene rings is 2. The Balaban J connectivity index is 1.35. The lowest BCUT2D eigenvalue weighted by atomic mass is 9.95. The number of hydrogen-bond donors (Lipinski definition) is 1. The van der Waals surface area contributed by atoms with E-state index in [2.05, 4.69) is 5.32 Å². The summed E-state index contributed by atoms with van der Waals surface area (Å²) in [5.41, 5.74) is 2.50. The van der Waals surface area contributed by atoms with Gasteiger partial charge in [-0.1, -0.05) is 24.3 Å². The second-order valence-electron chi connectivity index (χ2n) is 8.69. The Kier molecular flexibility index (Phi) is 6.18. The number of para-hydroxylation sites is 1. The van der Waals surface area contributed by atoms with Gasteiger partial charge in [0.1, 0.15) is 11.4 Å². The number of piperidine rings is 1. The van der Waals surface area contributed by atoms with E-state index in [-0.39, 0.29) is 17.7 Å². The molecule has 1 N–H and O–H groups in total. The van der Waals surface area contributed by atoms with E-state index in [1.807, 2.05) is 66.3 Å². The summed E-state index contributed by atoms with van der Waals surface area (Å²) in [6.07, 6.45) is 4.88. The number of halogens is 1. The Hall–Kier alpha value is -4.20. The molecule has 0 spiro atoms. The highest BCUT2D eigenvalue weighted by Gasteiger charge is 2.32. The van der Waals surface area contributed by atoms with Gasteiger partial charge in [0.25, 0.3) is 5.91 Å². The highest BCUT2D eigenvalue weighted by atomic mass is 19.1. The number of carbonyl (C=O) groups is 2. The van der Waals surface area contributed by atoms with Crippen molar-refractivity contribution in [3.05, 3.63) is 96.2 Å². The molecule has 0 saturated carbocycles. The maximum absolute atomic E-state index is 13.7. The molecular formula is C27H26FN5O2. The molecule has 5 rings (SSSR count). The van der Waals surface area contributed by atoms with Crippen LogP contribution >= 0.6 is 0 Å². The van der Waals surface area contributed by atoms with Gasteiger partial charge in [-0.05, 0) is 62.2 Å². The first-order valence-corrected chi connectivity index (χ1v) is 11.7. The van der Waals surface area contributed by atoms with Crippen LogP contribution in [0.15, 0.2) is 79.1 Å². The van der Waals surface area contributed by atoms with E-state index >= 15 is 0 Å². The van der Waals surface area contributed by atoms with E-state index in [1.165, 1.54) is 12.1 Å². The molecule has 0 aliphatic carbocycles. The van der Waals surface area contributed by atoms with Crippen molar-refractivity contribution >= 4 is 17.5 Å². The van der Waals surface area contributed by atoms with Gasteiger partial charge in [0.15, 0.2) is 5.82 Å². The molecule has 2 aromatic carbocycles. The average molecular weight is 472 g/mol. The minimum absolute atomic E-state index is 0.0997. The molecule has 0 radical (unpaired) electrons. The van der Waals surface area contributed by atoms with Crippen LogP contribution in [0, 0.1) is 18.7 Å². The third-order valence-electron chi connectivity index (χ3n) is 6.34. The number of hydrogen-bond acceptors (Lipinski definition) is 3. The minimum Gasteiger partial charge on any atom is -0.338 e. The number of likely N-dealkylation sites (tertiary alicyclic amines) is 1. The van der Waals surface area contributed by atoms with Crippen molar-refractivity contribution in [3.8, 4) is 11.5 Å². The van der Waals surface area contributed by atoms with Crippen LogP contribution in [-0.4, -0.2) is 44.2 Å². The van der Waals surface area contributed by atoms with Crippen molar-refractivity contribution in [2.45, 2.75) is 19.8 Å². The van der Waals surface area contributed by atoms with Crippen LogP contribution in [0.2, 0.25) is 0 Å². The van der Waals surface area contributed by atoms with Crippen LogP contribution in [0.4, 0.5) is 10.1 Å². The lowest BCUT2D eigenvalue weighted by molar-refractivity contribution is -0.121. The summed E-state index contributed by atoms with van der Waals surface area (Å²) in [5, 5.41) is 7.49. The number of carbonyl (C=O) groups excluding carboxylic acids is 2. The van der Waals surface area contributed by atoms with Crippen molar-refractivity contribution in [1.82, 2.24) is 19.2 Å². The molecular weight excluding hydrogens is 445 g/mol. The molecule has 0 bridgehead atoms. The van der Waals surface area contributed by atoms with Gasteiger partial charge in [0.05, 0.1) is 11.4 Å². The Labute approximate surface area is 202 Å². The Bertz CT molecular complexity index is 1340. The molecule has 0 unspecified atom stereocenters. The fraction of sp³-hybridized carbons (Fsp3) is 0.222. The topological polar surface area (TPSA) is 72.2 Å². The summed E-state index contributed by atoms with van der Waals surface area (Å²) < 4.78 is 17.1. The Morgan fingerprint density at radius 2 is 1.69 bits per heavy atom. The van der Waals surface area contributed by atoms with Crippen molar-refractivity contribution in [1.29, 1.82) is 0 Å². The molecule has 1 fully saturated rings. The molecule has 3 heterocycles. The number of nitrogens with one attached hydrogen (secondary N) is 1. The molecule has 35 heavy (non-hydrogen) atoms. The van der Waals surface area contributed by atoms with Gasteiger partial charge < -0.3 is 14.8 Å². The van der Waals surface area contributed by atoms with Gasteiger partial charge in [-0.3, -0.25) is 9.59 Å². The van der Waals surface area contributed by atoms with Crippen LogP contribution < -0.4 is 5.32 Å². The quantitative estimate of drug-likeness (QED) is 0.462. The van der Waals surface area contributed by atoms with Gasteiger partial charge in [-0.25, -0.2) is 9.07 Å². The number of amides is 2. The average Bonchev–Trinajstić information content (AvgIpc) is 3.52. The van der Waals surface area contributed by atoms with E-state index in [9.17, 15) is 14.0 Å². The lowest BCUT2D eigenvalue weighted by Crippen LogP contribution is -2.41. The summed E-state index contributed by atoms with van der Waals surface area (Å²) in [5.74, 6) is -0.191. The monoisotopic (exact) mass is 471 g/mol. The molecule has 0 atom stereocenters. The smallest absolute Gasteiger partial charge is 0.259 e. The fourth-order valence-corrected chi connectivity index (χ4v) is 4.54. The lowest BCUT2D eigenvalue weighted by Gasteiger charge is -2.31. The second kappa shape index (κ2) is 9.58. The maximum Gasteiger partial charge on any atom is 0.259 e. The summed E-state index contributed by atoms with van der Waals surface area (Å²) in [7, 11) is 0. The van der Waals surface area contributed by atoms with Crippen LogP contribution in [0.5, 0.6) is 0 Å². The molecule has 178 valence electrons. The van der Waals surface area contributed by atoms with Crippen LogP contribution in [-0.2, 0) is 4.79 Å². The Morgan fingerprint density at radius 1 is 0.971 bits per heavy atom. The first kappa shape index (κ1) is 22.6. The van der Waals surface area contributed by atoms with Crippen LogP contribution in [0.25, 0.3) is 11.5 Å². The number of rotatable bonds is 5. The summed E-state index contributed by atoms with van der Waals surface area (Å²) in [6.45, 7) is 2.77. The summed E-state index contributed by atoms with van der Waals surface area (Å²) >= 11 is 0. The number of aromatic nitrogens is 3. The zero-order valence-corrected chi connectivity index (χ0v) is 19.4. The normalized spacial score (nSPS) is 14.2.